The fourth-order valence-corrected chi connectivity index (χ4v) is 4.26. The Hall–Kier alpha value is -2.75. The van der Waals surface area contributed by atoms with Crippen molar-refractivity contribution in [3.63, 3.8) is 0 Å². The van der Waals surface area contributed by atoms with E-state index in [0.717, 1.165) is 0 Å². The normalized spacial score (nSPS) is 34.1. The van der Waals surface area contributed by atoms with Crippen molar-refractivity contribution >= 4 is 29.7 Å². The number of Topliss-reactive ketones (excluding diaryl/α,β-unsaturated/α-hetero) is 1. The standard InChI is InChI=1S/C22H28O10/c1-6-16(26)29-14-9-22(5,31-12(3)24)15(25)7-8-21(4)19(32-21)18-17(14)13(20(27)30-18)10-28-11(2)23/h14,18-19H,6-10H2,1-5H3/t14?,18-,19-,21+,22+/m0/s1. The van der Waals surface area contributed by atoms with Crippen LogP contribution < -0.4 is 0 Å². The summed E-state index contributed by atoms with van der Waals surface area (Å²) in [5.74, 6) is -2.94. The Morgan fingerprint density at radius 2 is 1.81 bits per heavy atom. The molecule has 10 nitrogen and oxygen atoms in total. The first kappa shape index (κ1) is 23.9. The van der Waals surface area contributed by atoms with Crippen molar-refractivity contribution in [2.75, 3.05) is 6.61 Å². The first-order valence-electron chi connectivity index (χ1n) is 10.6. The summed E-state index contributed by atoms with van der Waals surface area (Å²) in [4.78, 5) is 61.2. The van der Waals surface area contributed by atoms with Crippen LogP contribution in [0.2, 0.25) is 0 Å². The number of carbonyl (C=O) groups excluding carboxylic acids is 5. The zero-order valence-electron chi connectivity index (χ0n) is 18.9. The Morgan fingerprint density at radius 3 is 2.41 bits per heavy atom. The van der Waals surface area contributed by atoms with Crippen LogP contribution in [0, 0.1) is 0 Å². The first-order valence-corrected chi connectivity index (χ1v) is 10.6. The highest BCUT2D eigenvalue weighted by atomic mass is 16.7. The molecule has 1 unspecified atom stereocenters. The third-order valence-electron chi connectivity index (χ3n) is 6.06. The van der Waals surface area contributed by atoms with Crippen molar-refractivity contribution in [2.24, 2.45) is 0 Å². The Bertz CT molecular complexity index is 889. The average molecular weight is 452 g/mol. The number of epoxide rings is 1. The van der Waals surface area contributed by atoms with E-state index in [4.69, 9.17) is 23.7 Å². The molecule has 32 heavy (non-hydrogen) atoms. The van der Waals surface area contributed by atoms with Gasteiger partial charge in [-0.2, -0.15) is 0 Å². The molecule has 2 aliphatic heterocycles. The van der Waals surface area contributed by atoms with Crippen molar-refractivity contribution in [1.29, 1.82) is 0 Å². The smallest absolute Gasteiger partial charge is 0.338 e. The maximum atomic E-state index is 13.1. The quantitative estimate of drug-likeness (QED) is 0.341. The summed E-state index contributed by atoms with van der Waals surface area (Å²) in [5.41, 5.74) is -2.08. The van der Waals surface area contributed by atoms with Crippen LogP contribution in [-0.4, -0.2) is 65.8 Å². The Kier molecular flexibility index (Phi) is 6.46. The number of ether oxygens (including phenoxy) is 5. The van der Waals surface area contributed by atoms with Gasteiger partial charge in [0.15, 0.2) is 17.5 Å². The summed E-state index contributed by atoms with van der Waals surface area (Å²) in [6, 6.07) is 0. The van der Waals surface area contributed by atoms with Crippen LogP contribution in [0.25, 0.3) is 0 Å². The van der Waals surface area contributed by atoms with Crippen molar-refractivity contribution in [3.05, 3.63) is 11.1 Å². The first-order chi connectivity index (χ1) is 14.9. The van der Waals surface area contributed by atoms with Gasteiger partial charge in [0, 0.05) is 38.7 Å². The summed E-state index contributed by atoms with van der Waals surface area (Å²) in [7, 11) is 0. The molecule has 1 aliphatic carbocycles. The fraction of sp³-hybridized carbons (Fsp3) is 0.682. The summed E-state index contributed by atoms with van der Waals surface area (Å²) >= 11 is 0. The lowest BCUT2D eigenvalue weighted by molar-refractivity contribution is -0.169. The van der Waals surface area contributed by atoms with Crippen molar-refractivity contribution in [2.45, 2.75) is 89.8 Å². The predicted octanol–water partition coefficient (Wildman–Crippen LogP) is 1.33. The topological polar surface area (TPSA) is 135 Å². The molecule has 10 heteroatoms. The maximum absolute atomic E-state index is 13.1. The molecule has 0 aromatic heterocycles. The average Bonchev–Trinajstić information content (AvgIpc) is 3.25. The predicted molar refractivity (Wildman–Crippen MR) is 106 cm³/mol. The summed E-state index contributed by atoms with van der Waals surface area (Å²) in [6.07, 6.45) is -2.36. The fourth-order valence-electron chi connectivity index (χ4n) is 4.26. The lowest BCUT2D eigenvalue weighted by Crippen LogP contribution is -2.47. The van der Waals surface area contributed by atoms with Gasteiger partial charge >= 0.3 is 23.9 Å². The van der Waals surface area contributed by atoms with Crippen molar-refractivity contribution in [3.8, 4) is 0 Å². The number of ketones is 1. The third kappa shape index (κ3) is 4.69. The number of esters is 4. The van der Waals surface area contributed by atoms with E-state index in [0.29, 0.717) is 6.42 Å². The van der Waals surface area contributed by atoms with Crippen LogP contribution in [0.1, 0.15) is 60.3 Å². The minimum atomic E-state index is -1.61. The zero-order valence-corrected chi connectivity index (χ0v) is 18.9. The molecule has 5 atom stereocenters. The van der Waals surface area contributed by atoms with Gasteiger partial charge in [-0.1, -0.05) is 6.92 Å². The Morgan fingerprint density at radius 1 is 1.12 bits per heavy atom. The largest absolute Gasteiger partial charge is 0.461 e. The Balaban J connectivity index is 2.12. The molecule has 0 radical (unpaired) electrons. The number of hydrogen-bond acceptors (Lipinski definition) is 10. The second-order valence-corrected chi connectivity index (χ2v) is 8.68. The molecule has 0 aromatic carbocycles. The molecular weight excluding hydrogens is 424 g/mol. The lowest BCUT2D eigenvalue weighted by atomic mass is 9.80. The zero-order chi connectivity index (χ0) is 23.8. The van der Waals surface area contributed by atoms with E-state index < -0.39 is 53.4 Å². The third-order valence-corrected chi connectivity index (χ3v) is 6.06. The van der Waals surface area contributed by atoms with Crippen LogP contribution >= 0.6 is 0 Å². The SMILES string of the molecule is CCC(=O)OC1C[C@@](C)(OC(C)=O)C(=O)CC[C@@]2(C)O[C@H]2[C@H]2OC(=O)C(COC(C)=O)=C12. The molecule has 176 valence electrons. The van der Waals surface area contributed by atoms with Crippen molar-refractivity contribution in [1.82, 2.24) is 0 Å². The molecule has 0 N–H and O–H groups in total. The molecule has 1 saturated heterocycles. The molecule has 0 aromatic rings. The minimum absolute atomic E-state index is 0.0233. The van der Waals surface area contributed by atoms with Crippen LogP contribution in [-0.2, 0) is 47.7 Å². The van der Waals surface area contributed by atoms with Gasteiger partial charge in [0.1, 0.15) is 18.8 Å². The molecule has 3 aliphatic rings. The van der Waals surface area contributed by atoms with E-state index in [2.05, 4.69) is 0 Å². The number of fused-ring (bicyclic) bond motifs is 3. The molecule has 2 heterocycles. The second-order valence-electron chi connectivity index (χ2n) is 8.68. The van der Waals surface area contributed by atoms with Gasteiger partial charge in [-0.05, 0) is 20.3 Å². The molecular formula is C22H28O10. The van der Waals surface area contributed by atoms with E-state index in [-0.39, 0.29) is 42.8 Å². The van der Waals surface area contributed by atoms with E-state index in [1.165, 1.54) is 20.8 Å². The van der Waals surface area contributed by atoms with Gasteiger partial charge in [-0.15, -0.1) is 0 Å². The lowest BCUT2D eigenvalue weighted by Gasteiger charge is -2.34. The minimum Gasteiger partial charge on any atom is -0.461 e. The highest BCUT2D eigenvalue weighted by Crippen LogP contribution is 2.50. The van der Waals surface area contributed by atoms with Crippen LogP contribution in [0.15, 0.2) is 11.1 Å². The summed E-state index contributed by atoms with van der Waals surface area (Å²) in [6.45, 7) is 6.84. The molecule has 2 fully saturated rings. The Labute approximate surface area is 185 Å². The van der Waals surface area contributed by atoms with E-state index >= 15 is 0 Å². The highest BCUT2D eigenvalue weighted by Gasteiger charge is 2.63. The van der Waals surface area contributed by atoms with E-state index in [9.17, 15) is 24.0 Å². The van der Waals surface area contributed by atoms with Crippen LogP contribution in [0.3, 0.4) is 0 Å². The van der Waals surface area contributed by atoms with Crippen LogP contribution in [0.5, 0.6) is 0 Å². The number of carbonyl (C=O) groups is 5. The maximum Gasteiger partial charge on any atom is 0.338 e. The number of hydrogen-bond donors (Lipinski definition) is 0. The van der Waals surface area contributed by atoms with Gasteiger partial charge in [-0.3, -0.25) is 19.2 Å². The number of rotatable bonds is 5. The van der Waals surface area contributed by atoms with Crippen molar-refractivity contribution < 1.29 is 47.7 Å². The summed E-state index contributed by atoms with van der Waals surface area (Å²) in [5, 5.41) is 0. The highest BCUT2D eigenvalue weighted by molar-refractivity contribution is 5.94. The van der Waals surface area contributed by atoms with Crippen LogP contribution in [0.4, 0.5) is 0 Å². The summed E-state index contributed by atoms with van der Waals surface area (Å²) < 4.78 is 27.5. The molecule has 0 amide bonds. The van der Waals surface area contributed by atoms with Gasteiger partial charge in [0.2, 0.25) is 0 Å². The second kappa shape index (κ2) is 8.65. The molecule has 0 spiro atoms. The van der Waals surface area contributed by atoms with Gasteiger partial charge < -0.3 is 23.7 Å². The van der Waals surface area contributed by atoms with E-state index in [1.807, 2.05) is 0 Å². The monoisotopic (exact) mass is 452 g/mol. The molecule has 1 saturated carbocycles. The molecule has 0 bridgehead atoms. The van der Waals surface area contributed by atoms with E-state index in [1.54, 1.807) is 13.8 Å². The van der Waals surface area contributed by atoms with Gasteiger partial charge in [0.05, 0.1) is 11.2 Å². The van der Waals surface area contributed by atoms with Gasteiger partial charge in [0.25, 0.3) is 0 Å². The molecule has 3 rings (SSSR count). The van der Waals surface area contributed by atoms with Gasteiger partial charge in [-0.25, -0.2) is 4.79 Å².